The predicted octanol–water partition coefficient (Wildman–Crippen LogP) is 36.9. The Bertz CT molecular complexity index is 10300. The number of fused-ring (bicyclic) bond motifs is 18. The lowest BCUT2D eigenvalue weighted by atomic mass is 9.90. The Morgan fingerprint density at radius 3 is 0.800 bits per heavy atom. The molecule has 0 aliphatic heterocycles. The highest BCUT2D eigenvalue weighted by atomic mass is 14.8. The minimum atomic E-state index is 0.891. The van der Waals surface area contributed by atoms with Crippen molar-refractivity contribution in [3.05, 3.63) is 529 Å². The number of benzene rings is 21. The van der Waals surface area contributed by atoms with E-state index in [4.69, 9.17) is 29.9 Å². The number of hydrogen-bond donors (Lipinski definition) is 0. The molecule has 9 heterocycles. The van der Waals surface area contributed by atoms with E-state index in [1.807, 2.05) is 79.6 Å². The molecule has 0 spiro atoms. The lowest BCUT2D eigenvalue weighted by molar-refractivity contribution is 1.30. The molecule has 9 aromatic heterocycles. The monoisotopic (exact) mass is 1910 g/mol. The van der Waals surface area contributed by atoms with Crippen LogP contribution in [-0.4, -0.2) is 44.9 Å². The van der Waals surface area contributed by atoms with Gasteiger partial charge in [-0.05, 0) is 252 Å². The molecule has 0 amide bonds. The van der Waals surface area contributed by atoms with Crippen LogP contribution in [0.1, 0.15) is 0 Å². The smallest absolute Gasteiger partial charge is 0.0795 e. The molecule has 30 aromatic rings. The van der Waals surface area contributed by atoms with Gasteiger partial charge in [-0.3, -0.25) is 29.9 Å². The number of nitrogens with zero attached hydrogens (tertiary/aromatic N) is 9. The Morgan fingerprint density at radius 2 is 0.407 bits per heavy atom. The Balaban J connectivity index is 0.000000108. The molecule has 0 bridgehead atoms. The van der Waals surface area contributed by atoms with Gasteiger partial charge in [-0.2, -0.15) is 0 Å². The van der Waals surface area contributed by atoms with E-state index < -0.39 is 0 Å². The molecule has 0 saturated carbocycles. The minimum Gasteiger partial charge on any atom is -0.256 e. The summed E-state index contributed by atoms with van der Waals surface area (Å²) in [6.45, 7) is 0. The van der Waals surface area contributed by atoms with Gasteiger partial charge in [0.25, 0.3) is 0 Å². The van der Waals surface area contributed by atoms with E-state index in [0.29, 0.717) is 0 Å². The van der Waals surface area contributed by atoms with Gasteiger partial charge in [0, 0.05) is 136 Å². The first-order chi connectivity index (χ1) is 74.3. The molecule has 0 aliphatic carbocycles. The van der Waals surface area contributed by atoms with E-state index in [2.05, 4.69) is 464 Å². The summed E-state index contributed by atoms with van der Waals surface area (Å²) < 4.78 is 0. The van der Waals surface area contributed by atoms with Gasteiger partial charge in [0.2, 0.25) is 0 Å². The third kappa shape index (κ3) is 16.2. The molecular formula is C141H87N9. The van der Waals surface area contributed by atoms with Crippen LogP contribution < -0.4 is 0 Å². The van der Waals surface area contributed by atoms with Crippen LogP contribution in [0.5, 0.6) is 0 Å². The summed E-state index contributed by atoms with van der Waals surface area (Å²) in [6.07, 6.45) is 11.6. The number of pyridine rings is 9. The van der Waals surface area contributed by atoms with Gasteiger partial charge in [-0.15, -0.1) is 0 Å². The standard InChI is InChI=1S/3C47H29N3/c1-3-11-32-23-34(19-17-30(32)9-1)41-26-43-42(37-21-22-45(48-28-37)38-25-35-13-5-8-16-44(35)49-29-38)27-46(50-47(43)40-15-7-6-14-39(40)41)36-20-18-31-10-2-4-12-33(31)24-36;1-3-11-33-25-35(20-18-30(33)9-1)41-27-43-42(37-22-23-44(49-29-37)40-17-7-13-32-14-8-24-48-46(32)40)28-45(50-47(43)39-16-6-5-15-38(39)41)36-21-19-31-10-2-4-12-34(31)26-36;1-3-11-32-25-34(19-17-30(32)9-1)41-27-43-42(36-21-22-45(49-29-36)39-23-24-48-44-16-8-7-14-38(39)44)28-46(50-47(43)40-15-6-5-13-37(40)41)35-20-18-31-10-2-4-12-33(31)26-35/h3*1-29H. The van der Waals surface area contributed by atoms with Crippen LogP contribution in [0.15, 0.2) is 529 Å². The second-order valence-corrected chi connectivity index (χ2v) is 38.6. The van der Waals surface area contributed by atoms with E-state index >= 15 is 0 Å². The third-order valence-corrected chi connectivity index (χ3v) is 29.7. The van der Waals surface area contributed by atoms with Gasteiger partial charge in [-0.25, -0.2) is 15.0 Å². The summed E-state index contributed by atoms with van der Waals surface area (Å²) in [5.74, 6) is 0. The number of para-hydroxylation sites is 3. The Labute approximate surface area is 863 Å². The molecule has 9 nitrogen and oxygen atoms in total. The van der Waals surface area contributed by atoms with E-state index in [9.17, 15) is 0 Å². The van der Waals surface area contributed by atoms with Crippen molar-refractivity contribution in [2.75, 3.05) is 0 Å². The Kier molecular flexibility index (Phi) is 21.8. The van der Waals surface area contributed by atoms with Crippen LogP contribution in [0.3, 0.4) is 0 Å². The summed E-state index contributed by atoms with van der Waals surface area (Å²) in [5.41, 5.74) is 31.2. The van der Waals surface area contributed by atoms with Gasteiger partial charge in [-0.1, -0.05) is 370 Å². The van der Waals surface area contributed by atoms with E-state index in [0.717, 1.165) is 183 Å². The van der Waals surface area contributed by atoms with Crippen molar-refractivity contribution >= 4 is 162 Å². The lowest BCUT2D eigenvalue weighted by Gasteiger charge is -2.16. The summed E-state index contributed by atoms with van der Waals surface area (Å²) in [6, 6.07) is 175. The fourth-order valence-corrected chi connectivity index (χ4v) is 22.1. The van der Waals surface area contributed by atoms with Crippen molar-refractivity contribution in [3.8, 4) is 134 Å². The van der Waals surface area contributed by atoms with Gasteiger partial charge in [0.15, 0.2) is 0 Å². The molecule has 0 fully saturated rings. The van der Waals surface area contributed by atoms with Crippen LogP contribution in [0.4, 0.5) is 0 Å². The highest BCUT2D eigenvalue weighted by Gasteiger charge is 2.24. The lowest BCUT2D eigenvalue weighted by Crippen LogP contribution is -1.94. The molecule has 0 radical (unpaired) electrons. The molecule has 696 valence electrons. The predicted molar refractivity (Wildman–Crippen MR) is 627 cm³/mol. The maximum Gasteiger partial charge on any atom is 0.0795 e. The van der Waals surface area contributed by atoms with Crippen molar-refractivity contribution in [2.24, 2.45) is 0 Å². The quantitative estimate of drug-likeness (QED) is 0.110. The third-order valence-electron chi connectivity index (χ3n) is 29.7. The zero-order valence-corrected chi connectivity index (χ0v) is 81.3. The second kappa shape index (κ2) is 37.2. The molecule has 0 atom stereocenters. The minimum absolute atomic E-state index is 0.891. The van der Waals surface area contributed by atoms with Crippen molar-refractivity contribution in [1.82, 2.24) is 44.9 Å². The van der Waals surface area contributed by atoms with Crippen molar-refractivity contribution in [2.45, 2.75) is 0 Å². The van der Waals surface area contributed by atoms with Gasteiger partial charge in [0.05, 0.1) is 67.3 Å². The Hall–Kier alpha value is -20.1. The van der Waals surface area contributed by atoms with E-state index in [-0.39, 0.29) is 0 Å². The molecule has 0 unspecified atom stereocenters. The SMILES string of the molecule is c1ccc2cc(-c3cc(-c4ccc(-c5cccc6cccnc56)nc4)c4cc(-c5ccc6ccccc6c5)c5ccccc5c4n3)ccc2c1.c1ccc2cc(-c3cc(-c4ccc(-c5ccnc6ccccc56)nc4)c4cc(-c5ccc6ccccc6c5)c5ccccc5c4n3)ccc2c1.c1ccc2cc(-c3cc(-c4ccc(-c5cnc6ccccc6c5)nc4)c4cc(-c5ccc6ccccc6c5)c5ccccc5c4n3)ccc2c1. The average Bonchev–Trinajstić information content (AvgIpc) is 0.740. The van der Waals surface area contributed by atoms with Crippen LogP contribution >= 0.6 is 0 Å². The first-order valence-electron chi connectivity index (χ1n) is 50.8. The van der Waals surface area contributed by atoms with Crippen LogP contribution in [0.25, 0.3) is 297 Å². The summed E-state index contributed by atoms with van der Waals surface area (Å²) >= 11 is 0. The average molecular weight is 1910 g/mol. The normalized spacial score (nSPS) is 11.6. The molecule has 30 rings (SSSR count). The van der Waals surface area contributed by atoms with Gasteiger partial charge < -0.3 is 0 Å². The molecule has 0 aliphatic rings. The van der Waals surface area contributed by atoms with Gasteiger partial charge >= 0.3 is 0 Å². The molecule has 0 saturated heterocycles. The van der Waals surface area contributed by atoms with Crippen LogP contribution in [-0.2, 0) is 0 Å². The van der Waals surface area contributed by atoms with Crippen molar-refractivity contribution in [1.29, 1.82) is 0 Å². The second-order valence-electron chi connectivity index (χ2n) is 38.6. The first kappa shape index (κ1) is 87.6. The zero-order valence-electron chi connectivity index (χ0n) is 81.3. The fourth-order valence-electron chi connectivity index (χ4n) is 22.1. The number of rotatable bonds is 12. The molecule has 150 heavy (non-hydrogen) atoms. The highest BCUT2D eigenvalue weighted by molar-refractivity contribution is 6.21. The summed E-state index contributed by atoms with van der Waals surface area (Å²) in [7, 11) is 0. The van der Waals surface area contributed by atoms with E-state index in [1.54, 1.807) is 0 Å². The molecule has 9 heteroatoms. The Morgan fingerprint density at radius 1 is 0.113 bits per heavy atom. The largest absolute Gasteiger partial charge is 0.256 e. The topological polar surface area (TPSA) is 116 Å². The van der Waals surface area contributed by atoms with E-state index in [1.165, 1.54) is 114 Å². The van der Waals surface area contributed by atoms with Crippen molar-refractivity contribution in [3.63, 3.8) is 0 Å². The molecule has 0 N–H and O–H groups in total. The maximum absolute atomic E-state index is 5.42. The van der Waals surface area contributed by atoms with Crippen molar-refractivity contribution < 1.29 is 0 Å². The summed E-state index contributed by atoms with van der Waals surface area (Å²) in [5, 5.41) is 28.1. The van der Waals surface area contributed by atoms with Crippen LogP contribution in [0, 0.1) is 0 Å². The maximum atomic E-state index is 5.42. The first-order valence-corrected chi connectivity index (χ1v) is 50.8. The van der Waals surface area contributed by atoms with Crippen LogP contribution in [0.2, 0.25) is 0 Å². The number of hydrogen-bond acceptors (Lipinski definition) is 9. The highest BCUT2D eigenvalue weighted by Crippen LogP contribution is 2.48. The molecular weight excluding hydrogens is 1820 g/mol. The zero-order chi connectivity index (χ0) is 99.1. The molecule has 21 aromatic carbocycles. The van der Waals surface area contributed by atoms with Gasteiger partial charge in [0.1, 0.15) is 0 Å². The summed E-state index contributed by atoms with van der Waals surface area (Å²) in [4.78, 5) is 45.3. The number of aromatic nitrogens is 9. The fraction of sp³-hybridized carbons (Fsp3) is 0.